The Morgan fingerprint density at radius 1 is 1.50 bits per heavy atom. The molecule has 0 bridgehead atoms. The maximum absolute atomic E-state index is 11.8. The van der Waals surface area contributed by atoms with Gasteiger partial charge in [-0.3, -0.25) is 15.0 Å². The average Bonchev–Trinajstić information content (AvgIpc) is 2.90. The van der Waals surface area contributed by atoms with Gasteiger partial charge < -0.3 is 4.90 Å². The van der Waals surface area contributed by atoms with Crippen molar-refractivity contribution in [2.45, 2.75) is 13.0 Å². The predicted molar refractivity (Wildman–Crippen MR) is 57.4 cm³/mol. The minimum absolute atomic E-state index is 0.0467. The van der Waals surface area contributed by atoms with Crippen molar-refractivity contribution in [2.24, 2.45) is 0 Å². The van der Waals surface area contributed by atoms with Gasteiger partial charge in [0.1, 0.15) is 0 Å². The van der Waals surface area contributed by atoms with Crippen LogP contribution in [0.2, 0.25) is 0 Å². The zero-order valence-electron chi connectivity index (χ0n) is 8.97. The molecule has 6 nitrogen and oxygen atoms in total. The van der Waals surface area contributed by atoms with Crippen LogP contribution in [-0.2, 0) is 17.8 Å². The molecule has 0 aliphatic carbocycles. The Morgan fingerprint density at radius 2 is 2.38 bits per heavy atom. The number of amides is 1. The second-order valence-electron chi connectivity index (χ2n) is 3.62. The highest BCUT2D eigenvalue weighted by molar-refractivity contribution is 5.77. The largest absolute Gasteiger partial charge is 0.341 e. The summed E-state index contributed by atoms with van der Waals surface area (Å²) in [5, 5.41) is 13.1. The van der Waals surface area contributed by atoms with E-state index in [2.05, 4.69) is 20.4 Å². The predicted octanol–water partition coefficient (Wildman–Crippen LogP) is 0.334. The molecular weight excluding hydrogens is 206 g/mol. The highest BCUT2D eigenvalue weighted by Crippen LogP contribution is 2.03. The van der Waals surface area contributed by atoms with Gasteiger partial charge in [0.15, 0.2) is 0 Å². The fourth-order valence-corrected chi connectivity index (χ4v) is 1.41. The third-order valence-corrected chi connectivity index (χ3v) is 2.30. The summed E-state index contributed by atoms with van der Waals surface area (Å²) in [7, 11) is 1.77. The van der Waals surface area contributed by atoms with E-state index >= 15 is 0 Å². The zero-order chi connectivity index (χ0) is 11.4. The standard InChI is InChI=1S/C10H13N5O/c1-15(7-8-5-12-13-6-8)10(16)4-9-2-3-11-14-9/h2-3,5-6H,4,7H2,1H3,(H,11,14)(H,12,13). The van der Waals surface area contributed by atoms with E-state index in [0.717, 1.165) is 11.3 Å². The van der Waals surface area contributed by atoms with Crippen molar-refractivity contribution in [3.8, 4) is 0 Å². The van der Waals surface area contributed by atoms with Gasteiger partial charge in [-0.2, -0.15) is 10.2 Å². The third-order valence-electron chi connectivity index (χ3n) is 2.30. The molecule has 6 heteroatoms. The number of hydrogen-bond donors (Lipinski definition) is 2. The number of carbonyl (C=O) groups excluding carboxylic acids is 1. The van der Waals surface area contributed by atoms with Crippen molar-refractivity contribution in [1.29, 1.82) is 0 Å². The molecule has 1 amide bonds. The van der Waals surface area contributed by atoms with Crippen LogP contribution in [0.15, 0.2) is 24.7 Å². The van der Waals surface area contributed by atoms with Gasteiger partial charge in [0.05, 0.1) is 12.6 Å². The Kier molecular flexibility index (Phi) is 3.00. The van der Waals surface area contributed by atoms with Crippen molar-refractivity contribution < 1.29 is 4.79 Å². The molecule has 0 spiro atoms. The normalized spacial score (nSPS) is 10.3. The van der Waals surface area contributed by atoms with Crippen molar-refractivity contribution in [2.75, 3.05) is 7.05 Å². The first-order chi connectivity index (χ1) is 7.75. The van der Waals surface area contributed by atoms with Crippen LogP contribution in [-0.4, -0.2) is 38.2 Å². The number of rotatable bonds is 4. The lowest BCUT2D eigenvalue weighted by Gasteiger charge is -2.15. The Hall–Kier alpha value is -2.11. The molecular formula is C10H13N5O. The van der Waals surface area contributed by atoms with Crippen LogP contribution in [0.25, 0.3) is 0 Å². The van der Waals surface area contributed by atoms with Crippen LogP contribution >= 0.6 is 0 Å². The lowest BCUT2D eigenvalue weighted by molar-refractivity contribution is -0.129. The van der Waals surface area contributed by atoms with E-state index in [4.69, 9.17) is 0 Å². The molecule has 2 aromatic heterocycles. The van der Waals surface area contributed by atoms with Crippen molar-refractivity contribution >= 4 is 5.91 Å². The van der Waals surface area contributed by atoms with Gasteiger partial charge in [-0.25, -0.2) is 0 Å². The van der Waals surface area contributed by atoms with Crippen LogP contribution < -0.4 is 0 Å². The summed E-state index contributed by atoms with van der Waals surface area (Å²) in [4.78, 5) is 13.4. The van der Waals surface area contributed by atoms with Gasteiger partial charge in [0.25, 0.3) is 0 Å². The quantitative estimate of drug-likeness (QED) is 0.778. The minimum Gasteiger partial charge on any atom is -0.341 e. The fraction of sp³-hybridized carbons (Fsp3) is 0.300. The summed E-state index contributed by atoms with van der Waals surface area (Å²) < 4.78 is 0. The third kappa shape index (κ3) is 2.47. The Labute approximate surface area is 92.7 Å². The van der Waals surface area contributed by atoms with Crippen LogP contribution in [0.5, 0.6) is 0 Å². The topological polar surface area (TPSA) is 77.7 Å². The first-order valence-electron chi connectivity index (χ1n) is 4.95. The summed E-state index contributed by atoms with van der Waals surface area (Å²) >= 11 is 0. The number of nitrogens with zero attached hydrogens (tertiary/aromatic N) is 3. The van der Waals surface area contributed by atoms with E-state index in [1.807, 2.05) is 0 Å². The van der Waals surface area contributed by atoms with Crippen molar-refractivity contribution in [3.63, 3.8) is 0 Å². The molecule has 0 fully saturated rings. The summed E-state index contributed by atoms with van der Waals surface area (Å²) in [5.74, 6) is 0.0467. The monoisotopic (exact) mass is 219 g/mol. The lowest BCUT2D eigenvalue weighted by atomic mass is 10.2. The molecule has 84 valence electrons. The molecule has 0 unspecified atom stereocenters. The fourth-order valence-electron chi connectivity index (χ4n) is 1.41. The molecule has 0 aliphatic heterocycles. The SMILES string of the molecule is CN(Cc1cn[nH]c1)C(=O)Cc1ccn[nH]1. The van der Waals surface area contributed by atoms with Gasteiger partial charge in [0.2, 0.25) is 5.91 Å². The molecule has 0 saturated heterocycles. The van der Waals surface area contributed by atoms with E-state index < -0.39 is 0 Å². The van der Waals surface area contributed by atoms with E-state index in [1.165, 1.54) is 0 Å². The van der Waals surface area contributed by atoms with Crippen molar-refractivity contribution in [1.82, 2.24) is 25.3 Å². The first-order valence-corrected chi connectivity index (χ1v) is 4.95. The Bertz CT molecular complexity index is 434. The van der Waals surface area contributed by atoms with E-state index in [0.29, 0.717) is 13.0 Å². The van der Waals surface area contributed by atoms with Crippen LogP contribution in [0.3, 0.4) is 0 Å². The second kappa shape index (κ2) is 4.61. The maximum atomic E-state index is 11.8. The number of aromatic amines is 2. The molecule has 2 rings (SSSR count). The van der Waals surface area contributed by atoms with Crippen LogP contribution in [0, 0.1) is 0 Å². The molecule has 2 N–H and O–H groups in total. The molecule has 0 radical (unpaired) electrons. The smallest absolute Gasteiger partial charge is 0.228 e. The molecule has 16 heavy (non-hydrogen) atoms. The maximum Gasteiger partial charge on any atom is 0.228 e. The van der Waals surface area contributed by atoms with Gasteiger partial charge in [-0.1, -0.05) is 0 Å². The number of aromatic nitrogens is 4. The summed E-state index contributed by atoms with van der Waals surface area (Å²) in [6.45, 7) is 0.559. The number of hydrogen-bond acceptors (Lipinski definition) is 3. The van der Waals surface area contributed by atoms with Crippen LogP contribution in [0.1, 0.15) is 11.3 Å². The van der Waals surface area contributed by atoms with Crippen molar-refractivity contribution in [3.05, 3.63) is 35.9 Å². The van der Waals surface area contributed by atoms with Gasteiger partial charge >= 0.3 is 0 Å². The highest BCUT2D eigenvalue weighted by Gasteiger charge is 2.11. The van der Waals surface area contributed by atoms with Gasteiger partial charge in [0, 0.05) is 37.2 Å². The summed E-state index contributed by atoms with van der Waals surface area (Å²) in [6, 6.07) is 1.80. The highest BCUT2D eigenvalue weighted by atomic mass is 16.2. The zero-order valence-corrected chi connectivity index (χ0v) is 8.97. The molecule has 0 aromatic carbocycles. The molecule has 0 saturated carbocycles. The lowest BCUT2D eigenvalue weighted by Crippen LogP contribution is -2.27. The van der Waals surface area contributed by atoms with Gasteiger partial charge in [-0.05, 0) is 6.07 Å². The Morgan fingerprint density at radius 3 is 3.00 bits per heavy atom. The number of carbonyl (C=O) groups is 1. The van der Waals surface area contributed by atoms with E-state index in [1.54, 1.807) is 36.6 Å². The molecule has 2 heterocycles. The average molecular weight is 219 g/mol. The second-order valence-corrected chi connectivity index (χ2v) is 3.62. The molecule has 2 aromatic rings. The number of H-pyrrole nitrogens is 2. The number of nitrogens with one attached hydrogen (secondary N) is 2. The Balaban J connectivity index is 1.90. The van der Waals surface area contributed by atoms with Gasteiger partial charge in [-0.15, -0.1) is 0 Å². The molecule has 0 aliphatic rings. The first kappa shape index (κ1) is 10.4. The van der Waals surface area contributed by atoms with E-state index in [9.17, 15) is 4.79 Å². The summed E-state index contributed by atoms with van der Waals surface area (Å²) in [6.07, 6.45) is 5.47. The number of likely N-dealkylation sites (N-methyl/N-ethyl adjacent to an activating group) is 1. The summed E-state index contributed by atoms with van der Waals surface area (Å²) in [5.41, 5.74) is 1.81. The minimum atomic E-state index is 0.0467. The van der Waals surface area contributed by atoms with E-state index in [-0.39, 0.29) is 5.91 Å². The molecule has 0 atom stereocenters. The van der Waals surface area contributed by atoms with Crippen LogP contribution in [0.4, 0.5) is 0 Å².